The van der Waals surface area contributed by atoms with Crippen LogP contribution in [-0.2, 0) is 13.7 Å². The number of carbonyl (C=O) groups excluding carboxylic acids is 1. The highest BCUT2D eigenvalue weighted by atomic mass is 35.5. The second kappa shape index (κ2) is 8.34. The summed E-state index contributed by atoms with van der Waals surface area (Å²) in [6, 6.07) is 17.0. The van der Waals surface area contributed by atoms with Crippen LogP contribution < -0.4 is 14.2 Å². The lowest BCUT2D eigenvalue weighted by atomic mass is 10.1. The minimum Gasteiger partial charge on any atom is -0.497 e. The molecule has 33 heavy (non-hydrogen) atoms. The Morgan fingerprint density at radius 2 is 1.94 bits per heavy atom. The molecule has 2 heterocycles. The Balaban J connectivity index is 1.45. The van der Waals surface area contributed by atoms with Gasteiger partial charge < -0.3 is 18.8 Å². The lowest BCUT2D eigenvalue weighted by Gasteiger charge is -2.12. The van der Waals surface area contributed by atoms with Gasteiger partial charge in [0.1, 0.15) is 23.9 Å². The van der Waals surface area contributed by atoms with E-state index in [1.165, 1.54) is 0 Å². The molecule has 1 aromatic heterocycles. The fourth-order valence-electron chi connectivity index (χ4n) is 4.08. The molecule has 0 bridgehead atoms. The quantitative estimate of drug-likeness (QED) is 0.326. The van der Waals surface area contributed by atoms with Crippen molar-refractivity contribution in [1.29, 1.82) is 0 Å². The van der Waals surface area contributed by atoms with E-state index in [4.69, 9.17) is 25.8 Å². The highest BCUT2D eigenvalue weighted by molar-refractivity contribution is 6.31. The van der Waals surface area contributed by atoms with Gasteiger partial charge in [0.15, 0.2) is 5.76 Å². The Bertz CT molecular complexity index is 1430. The molecule has 1 aliphatic rings. The Kier molecular flexibility index (Phi) is 5.35. The van der Waals surface area contributed by atoms with Crippen molar-refractivity contribution < 1.29 is 19.0 Å². The third-order valence-electron chi connectivity index (χ3n) is 5.89. The van der Waals surface area contributed by atoms with Gasteiger partial charge in [0.25, 0.3) is 0 Å². The van der Waals surface area contributed by atoms with Gasteiger partial charge in [0.05, 0.1) is 12.7 Å². The van der Waals surface area contributed by atoms with Crippen molar-refractivity contribution in [3.63, 3.8) is 0 Å². The van der Waals surface area contributed by atoms with Crippen LogP contribution in [-0.4, -0.2) is 17.5 Å². The molecule has 3 aromatic carbocycles. The predicted octanol–water partition coefficient (Wildman–Crippen LogP) is 6.34. The second-order valence-corrected chi connectivity index (χ2v) is 8.37. The van der Waals surface area contributed by atoms with Crippen LogP contribution in [0.2, 0.25) is 5.02 Å². The maximum absolute atomic E-state index is 13.1. The lowest BCUT2D eigenvalue weighted by molar-refractivity contribution is 0.101. The van der Waals surface area contributed by atoms with Gasteiger partial charge in [0, 0.05) is 45.9 Å². The van der Waals surface area contributed by atoms with Crippen molar-refractivity contribution in [2.45, 2.75) is 13.5 Å². The number of rotatable bonds is 5. The maximum atomic E-state index is 13.1. The fraction of sp³-hybridized carbons (Fsp3) is 0.148. The van der Waals surface area contributed by atoms with E-state index in [1.54, 1.807) is 25.3 Å². The van der Waals surface area contributed by atoms with Gasteiger partial charge in [-0.2, -0.15) is 0 Å². The summed E-state index contributed by atoms with van der Waals surface area (Å²) in [5.74, 6) is 2.07. The zero-order valence-corrected chi connectivity index (χ0v) is 19.3. The molecular weight excluding hydrogens is 438 g/mol. The smallest absolute Gasteiger partial charge is 0.231 e. The summed E-state index contributed by atoms with van der Waals surface area (Å²) in [6.07, 6.45) is 3.76. The van der Waals surface area contributed by atoms with Gasteiger partial charge in [-0.3, -0.25) is 4.79 Å². The molecule has 0 spiro atoms. The summed E-state index contributed by atoms with van der Waals surface area (Å²) >= 11 is 6.24. The largest absolute Gasteiger partial charge is 0.497 e. The Labute approximate surface area is 196 Å². The molecule has 0 saturated carbocycles. The van der Waals surface area contributed by atoms with Gasteiger partial charge in [-0.1, -0.05) is 29.8 Å². The summed E-state index contributed by atoms with van der Waals surface area (Å²) in [6.45, 7) is 2.22. The maximum Gasteiger partial charge on any atom is 0.231 e. The van der Waals surface area contributed by atoms with E-state index in [0.717, 1.165) is 33.3 Å². The molecule has 0 amide bonds. The number of hydrogen-bond acceptors (Lipinski definition) is 4. The number of fused-ring (bicyclic) bond motifs is 2. The number of aromatic nitrogens is 1. The third-order valence-corrected chi connectivity index (χ3v) is 6.26. The molecule has 0 atom stereocenters. The van der Waals surface area contributed by atoms with Crippen LogP contribution in [0.5, 0.6) is 17.2 Å². The molecule has 0 radical (unpaired) electrons. The van der Waals surface area contributed by atoms with E-state index in [2.05, 4.69) is 0 Å². The molecule has 4 aromatic rings. The lowest BCUT2D eigenvalue weighted by Crippen LogP contribution is -1.99. The van der Waals surface area contributed by atoms with Gasteiger partial charge in [-0.25, -0.2) is 0 Å². The molecular formula is C27H22ClNO4. The minimum absolute atomic E-state index is 0.148. The molecule has 166 valence electrons. The number of benzene rings is 3. The average molecular weight is 460 g/mol. The number of hydrogen-bond donors (Lipinski definition) is 0. The minimum atomic E-state index is -0.148. The summed E-state index contributed by atoms with van der Waals surface area (Å²) < 4.78 is 19.4. The monoisotopic (exact) mass is 459 g/mol. The number of ketones is 1. The summed E-state index contributed by atoms with van der Waals surface area (Å²) in [5.41, 5.74) is 4.12. The van der Waals surface area contributed by atoms with Gasteiger partial charge in [-0.05, 0) is 49.4 Å². The average Bonchev–Trinajstić information content (AvgIpc) is 3.31. The molecule has 1 aliphatic heterocycles. The number of nitrogens with zero attached hydrogens (tertiary/aromatic N) is 1. The van der Waals surface area contributed by atoms with E-state index in [0.29, 0.717) is 28.7 Å². The normalized spacial score (nSPS) is 13.9. The number of allylic oxidation sites excluding steroid dienone is 1. The number of Topliss-reactive ketones (excluding diaryl/α,β-unsaturated/α-hetero) is 1. The topological polar surface area (TPSA) is 49.7 Å². The highest BCUT2D eigenvalue weighted by Gasteiger charge is 2.30. The molecule has 5 rings (SSSR count). The molecule has 5 nitrogen and oxygen atoms in total. The van der Waals surface area contributed by atoms with E-state index < -0.39 is 0 Å². The van der Waals surface area contributed by atoms with Crippen LogP contribution in [0.15, 0.2) is 66.6 Å². The number of methoxy groups -OCH3 is 1. The molecule has 0 fully saturated rings. The molecule has 0 unspecified atom stereocenters. The predicted molar refractivity (Wildman–Crippen MR) is 129 cm³/mol. The van der Waals surface area contributed by atoms with E-state index in [1.807, 2.05) is 67.2 Å². The molecule has 6 heteroatoms. The summed E-state index contributed by atoms with van der Waals surface area (Å²) in [5, 5.41) is 1.64. The highest BCUT2D eigenvalue weighted by Crippen LogP contribution is 2.40. The van der Waals surface area contributed by atoms with Gasteiger partial charge in [-0.15, -0.1) is 0 Å². The van der Waals surface area contributed by atoms with E-state index in [9.17, 15) is 4.79 Å². The SMILES string of the molecule is COc1ccc2c(c1)c(/C=C1/Oc3c(ccc(OCc4ccccc4Cl)c3C)C1=O)cn2C. The summed E-state index contributed by atoms with van der Waals surface area (Å²) in [4.78, 5) is 13.1. The number of carbonyl (C=O) groups is 1. The fourth-order valence-corrected chi connectivity index (χ4v) is 4.27. The number of ether oxygens (including phenoxy) is 3. The van der Waals surface area contributed by atoms with Crippen molar-refractivity contribution >= 4 is 34.4 Å². The Morgan fingerprint density at radius 3 is 2.73 bits per heavy atom. The van der Waals surface area contributed by atoms with Crippen molar-refractivity contribution in [2.75, 3.05) is 7.11 Å². The first-order valence-electron chi connectivity index (χ1n) is 10.5. The van der Waals surface area contributed by atoms with Crippen LogP contribution in [0.1, 0.15) is 27.0 Å². The van der Waals surface area contributed by atoms with Crippen molar-refractivity contribution in [3.05, 3.63) is 93.8 Å². The molecule has 0 aliphatic carbocycles. The van der Waals surface area contributed by atoms with Crippen LogP contribution in [0.4, 0.5) is 0 Å². The zero-order valence-electron chi connectivity index (χ0n) is 18.5. The molecule has 0 saturated heterocycles. The van der Waals surface area contributed by atoms with Crippen LogP contribution in [0.25, 0.3) is 17.0 Å². The van der Waals surface area contributed by atoms with Gasteiger partial charge in [0.2, 0.25) is 5.78 Å². The third kappa shape index (κ3) is 3.74. The van der Waals surface area contributed by atoms with Crippen molar-refractivity contribution in [2.24, 2.45) is 7.05 Å². The summed E-state index contributed by atoms with van der Waals surface area (Å²) in [7, 11) is 3.60. The number of aryl methyl sites for hydroxylation is 1. The van der Waals surface area contributed by atoms with Crippen molar-refractivity contribution in [3.8, 4) is 17.2 Å². The second-order valence-electron chi connectivity index (χ2n) is 7.96. The van der Waals surface area contributed by atoms with E-state index in [-0.39, 0.29) is 11.5 Å². The van der Waals surface area contributed by atoms with Crippen LogP contribution in [0.3, 0.4) is 0 Å². The van der Waals surface area contributed by atoms with Crippen LogP contribution >= 0.6 is 11.6 Å². The van der Waals surface area contributed by atoms with E-state index >= 15 is 0 Å². The zero-order chi connectivity index (χ0) is 23.1. The Morgan fingerprint density at radius 1 is 1.12 bits per heavy atom. The molecule has 0 N–H and O–H groups in total. The first-order valence-corrected chi connectivity index (χ1v) is 10.9. The van der Waals surface area contributed by atoms with Crippen molar-refractivity contribution in [1.82, 2.24) is 4.57 Å². The standard InChI is InChI=1S/C27H22ClNO4/c1-16-24(32-15-17-6-4-5-7-22(17)28)11-9-20-26(30)25(33-27(16)20)12-18-14-29(2)23-10-8-19(31-3)13-21(18)23/h4-14H,15H2,1-3H3/b25-12+. The first-order chi connectivity index (χ1) is 16.0. The number of halogens is 1. The first kappa shape index (κ1) is 21.2. The van der Waals surface area contributed by atoms with Gasteiger partial charge >= 0.3 is 0 Å². The Hall–Kier alpha value is -3.70. The van der Waals surface area contributed by atoms with Crippen LogP contribution in [0, 0.1) is 6.92 Å².